The minimum atomic E-state index is -0.775. The van der Waals surface area contributed by atoms with Crippen molar-refractivity contribution in [3.63, 3.8) is 0 Å². The lowest BCUT2D eigenvalue weighted by Gasteiger charge is -2.18. The topological polar surface area (TPSA) is 78.9 Å². The first-order chi connectivity index (χ1) is 38.0. The highest BCUT2D eigenvalue weighted by molar-refractivity contribution is 5.71. The highest BCUT2D eigenvalue weighted by Gasteiger charge is 2.19. The van der Waals surface area contributed by atoms with Gasteiger partial charge in [0.2, 0.25) is 0 Å². The van der Waals surface area contributed by atoms with Gasteiger partial charge in [0, 0.05) is 19.3 Å². The fourth-order valence-corrected chi connectivity index (χ4v) is 9.70. The maximum atomic E-state index is 12.8. The molecule has 0 saturated carbocycles. The van der Waals surface area contributed by atoms with Crippen molar-refractivity contribution in [3.8, 4) is 0 Å². The summed E-state index contributed by atoms with van der Waals surface area (Å²) in [6.07, 6.45) is 85.5. The molecule has 0 aliphatic carbocycles. The van der Waals surface area contributed by atoms with Gasteiger partial charge in [-0.15, -0.1) is 0 Å². The number of allylic oxidation sites excluding steroid dienone is 12. The summed E-state index contributed by atoms with van der Waals surface area (Å²) in [5, 5.41) is 0. The van der Waals surface area contributed by atoms with Gasteiger partial charge in [0.25, 0.3) is 0 Å². The van der Waals surface area contributed by atoms with Crippen LogP contribution in [0.15, 0.2) is 72.9 Å². The lowest BCUT2D eigenvalue weighted by molar-refractivity contribution is -0.167. The molecule has 6 nitrogen and oxygen atoms in total. The number of carbonyl (C=O) groups is 3. The monoisotopic (exact) mass is 1070 g/mol. The second-order valence-electron chi connectivity index (χ2n) is 22.4. The van der Waals surface area contributed by atoms with Crippen molar-refractivity contribution in [1.82, 2.24) is 0 Å². The molecular formula is C71H126O6. The molecule has 0 aliphatic rings. The molecule has 0 amide bonds. The minimum absolute atomic E-state index is 0.0755. The third kappa shape index (κ3) is 63.6. The largest absolute Gasteiger partial charge is 0.462 e. The van der Waals surface area contributed by atoms with E-state index >= 15 is 0 Å². The molecule has 1 atom stereocenters. The van der Waals surface area contributed by atoms with Gasteiger partial charge in [-0.3, -0.25) is 14.4 Å². The van der Waals surface area contributed by atoms with E-state index in [0.29, 0.717) is 19.3 Å². The quantitative estimate of drug-likeness (QED) is 0.0261. The van der Waals surface area contributed by atoms with E-state index in [1.54, 1.807) is 0 Å². The highest BCUT2D eigenvalue weighted by atomic mass is 16.6. The summed E-state index contributed by atoms with van der Waals surface area (Å²) in [7, 11) is 0. The van der Waals surface area contributed by atoms with E-state index in [4.69, 9.17) is 14.2 Å². The van der Waals surface area contributed by atoms with Crippen molar-refractivity contribution in [3.05, 3.63) is 72.9 Å². The van der Waals surface area contributed by atoms with Crippen LogP contribution in [0.3, 0.4) is 0 Å². The zero-order valence-electron chi connectivity index (χ0n) is 51.2. The molecule has 446 valence electrons. The summed E-state index contributed by atoms with van der Waals surface area (Å²) in [5.74, 6) is -0.884. The van der Waals surface area contributed by atoms with E-state index in [1.807, 2.05) is 0 Å². The first-order valence-corrected chi connectivity index (χ1v) is 33.4. The number of hydrogen-bond donors (Lipinski definition) is 0. The first kappa shape index (κ1) is 73.8. The maximum Gasteiger partial charge on any atom is 0.306 e. The Labute approximate surface area is 478 Å². The summed E-state index contributed by atoms with van der Waals surface area (Å²) in [5.41, 5.74) is 0. The third-order valence-corrected chi connectivity index (χ3v) is 14.7. The first-order valence-electron chi connectivity index (χ1n) is 33.4. The smallest absolute Gasteiger partial charge is 0.306 e. The molecule has 0 bridgehead atoms. The molecule has 0 N–H and O–H groups in total. The number of ether oxygens (including phenoxy) is 3. The molecular weight excluding hydrogens is 949 g/mol. The van der Waals surface area contributed by atoms with Gasteiger partial charge in [-0.1, -0.05) is 306 Å². The van der Waals surface area contributed by atoms with Gasteiger partial charge in [0.05, 0.1) is 0 Å². The van der Waals surface area contributed by atoms with Gasteiger partial charge in [0.15, 0.2) is 6.10 Å². The van der Waals surface area contributed by atoms with Crippen LogP contribution in [0.4, 0.5) is 0 Å². The molecule has 0 fully saturated rings. The van der Waals surface area contributed by atoms with Gasteiger partial charge in [-0.2, -0.15) is 0 Å². The Morgan fingerprint density at radius 3 is 0.792 bits per heavy atom. The van der Waals surface area contributed by atoms with E-state index in [1.165, 1.54) is 199 Å². The molecule has 0 aliphatic heterocycles. The molecule has 1 unspecified atom stereocenters. The molecule has 0 spiro atoms. The summed E-state index contributed by atoms with van der Waals surface area (Å²) in [6, 6.07) is 0. The van der Waals surface area contributed by atoms with Crippen LogP contribution in [0.1, 0.15) is 342 Å². The van der Waals surface area contributed by atoms with Crippen LogP contribution >= 0.6 is 0 Å². The predicted octanol–water partition coefficient (Wildman–Crippen LogP) is 22.9. The van der Waals surface area contributed by atoms with Crippen LogP contribution in [0.25, 0.3) is 0 Å². The molecule has 0 heterocycles. The minimum Gasteiger partial charge on any atom is -0.462 e. The summed E-state index contributed by atoms with van der Waals surface area (Å²) in [6.45, 7) is 6.46. The maximum absolute atomic E-state index is 12.8. The fraction of sp³-hybridized carbons (Fsp3) is 0.789. The van der Waals surface area contributed by atoms with E-state index in [2.05, 4.69) is 93.7 Å². The normalized spacial score (nSPS) is 12.5. The van der Waals surface area contributed by atoms with Crippen molar-refractivity contribution in [2.45, 2.75) is 348 Å². The average Bonchev–Trinajstić information content (AvgIpc) is 3.43. The predicted molar refractivity (Wildman–Crippen MR) is 335 cm³/mol. The Hall–Kier alpha value is -3.15. The molecule has 6 heteroatoms. The Bertz CT molecular complexity index is 1420. The Morgan fingerprint density at radius 1 is 0.273 bits per heavy atom. The fourth-order valence-electron chi connectivity index (χ4n) is 9.70. The van der Waals surface area contributed by atoms with Gasteiger partial charge >= 0.3 is 17.9 Å². The van der Waals surface area contributed by atoms with Crippen LogP contribution in [0, 0.1) is 0 Å². The number of carbonyl (C=O) groups excluding carboxylic acids is 3. The van der Waals surface area contributed by atoms with Crippen molar-refractivity contribution in [2.75, 3.05) is 13.2 Å². The lowest BCUT2D eigenvalue weighted by atomic mass is 10.0. The molecule has 0 aromatic carbocycles. The summed E-state index contributed by atoms with van der Waals surface area (Å²) in [4.78, 5) is 37.9. The zero-order chi connectivity index (χ0) is 55.7. The molecule has 0 saturated heterocycles. The van der Waals surface area contributed by atoms with Crippen molar-refractivity contribution in [1.29, 1.82) is 0 Å². The molecule has 77 heavy (non-hydrogen) atoms. The number of esters is 3. The second kappa shape index (κ2) is 65.4. The van der Waals surface area contributed by atoms with Crippen molar-refractivity contribution in [2.24, 2.45) is 0 Å². The highest BCUT2D eigenvalue weighted by Crippen LogP contribution is 2.17. The average molecular weight is 1080 g/mol. The standard InChI is InChI=1S/C71H126O6/c1-4-7-10-13-15-17-19-21-23-25-27-29-30-31-32-33-34-35-36-37-38-39-40-42-43-45-47-49-51-53-55-58-61-64-70(73)76-67-68(66-75-69(72)63-60-57-12-9-6-3)77-71(74)65-62-59-56-54-52-50-48-46-44-41-28-26-24-22-20-18-16-14-11-8-5-2/h8,11,16,18-19,21-22,24-25,27-28,41,68H,4-7,9-10,12-15,17,20,23,26,29-40,42-67H2,1-3H3/b11-8-,18-16-,21-19-,24-22-,27-25-,41-28-. The Morgan fingerprint density at radius 2 is 0.506 bits per heavy atom. The van der Waals surface area contributed by atoms with Crippen LogP contribution < -0.4 is 0 Å². The molecule has 0 rings (SSSR count). The van der Waals surface area contributed by atoms with Gasteiger partial charge in [0.1, 0.15) is 13.2 Å². The zero-order valence-corrected chi connectivity index (χ0v) is 51.2. The molecule has 0 aromatic rings. The SMILES string of the molecule is CC/C=C\C/C=C\C/C=C\C/C=C\CCCCCCCCCCC(=O)OC(COC(=O)CCCCCCC)COC(=O)CCCCCCCCCCCCCCCCCCCCCCC/C=C\C/C=C\CCCCCCC. The third-order valence-electron chi connectivity index (χ3n) is 14.7. The van der Waals surface area contributed by atoms with E-state index in [-0.39, 0.29) is 31.1 Å². The Kier molecular flexibility index (Phi) is 62.7. The summed E-state index contributed by atoms with van der Waals surface area (Å²) >= 11 is 0. The van der Waals surface area contributed by atoms with Crippen molar-refractivity contribution < 1.29 is 28.6 Å². The van der Waals surface area contributed by atoms with Gasteiger partial charge in [-0.25, -0.2) is 0 Å². The lowest BCUT2D eigenvalue weighted by Crippen LogP contribution is -2.30. The van der Waals surface area contributed by atoms with Crippen LogP contribution in [0.2, 0.25) is 0 Å². The van der Waals surface area contributed by atoms with Crippen LogP contribution in [0.5, 0.6) is 0 Å². The number of unbranched alkanes of at least 4 members (excludes halogenated alkanes) is 38. The van der Waals surface area contributed by atoms with Crippen LogP contribution in [-0.2, 0) is 28.6 Å². The van der Waals surface area contributed by atoms with Gasteiger partial charge < -0.3 is 14.2 Å². The molecule has 0 aromatic heterocycles. The van der Waals surface area contributed by atoms with E-state index in [9.17, 15) is 14.4 Å². The Balaban J connectivity index is 3.94. The molecule has 0 radical (unpaired) electrons. The van der Waals surface area contributed by atoms with E-state index in [0.717, 1.165) is 103 Å². The van der Waals surface area contributed by atoms with Crippen molar-refractivity contribution >= 4 is 17.9 Å². The van der Waals surface area contributed by atoms with E-state index < -0.39 is 6.10 Å². The van der Waals surface area contributed by atoms with Crippen LogP contribution in [-0.4, -0.2) is 37.2 Å². The second-order valence-corrected chi connectivity index (χ2v) is 22.4. The number of hydrogen-bond acceptors (Lipinski definition) is 6. The van der Waals surface area contributed by atoms with Gasteiger partial charge in [-0.05, 0) is 89.9 Å². The summed E-state index contributed by atoms with van der Waals surface area (Å²) < 4.78 is 16.8. The number of rotatable bonds is 61.